The van der Waals surface area contributed by atoms with Crippen molar-refractivity contribution in [2.45, 2.75) is 6.10 Å². The normalized spacial score (nSPS) is 12.5. The smallest absolute Gasteiger partial charge is 0.164 e. The molecule has 0 fully saturated rings. The van der Waals surface area contributed by atoms with Gasteiger partial charge in [0.2, 0.25) is 0 Å². The van der Waals surface area contributed by atoms with Gasteiger partial charge in [-0.2, -0.15) is 0 Å². The number of hydrogen-bond acceptors (Lipinski definition) is 1. The molecule has 0 heterocycles. The summed E-state index contributed by atoms with van der Waals surface area (Å²) in [4.78, 5) is 0. The van der Waals surface area contributed by atoms with Crippen LogP contribution in [0.15, 0.2) is 36.4 Å². The predicted molar refractivity (Wildman–Crippen MR) is 74.6 cm³/mol. The minimum Gasteiger partial charge on any atom is -0.384 e. The maximum absolute atomic E-state index is 13.5. The molecule has 0 aromatic heterocycles. The largest absolute Gasteiger partial charge is 0.384 e. The first kappa shape index (κ1) is 13.7. The molecule has 0 amide bonds. The second-order valence-corrected chi connectivity index (χ2v) is 5.29. The Bertz CT molecular complexity index is 589. The van der Waals surface area contributed by atoms with Gasteiger partial charge in [-0.25, -0.2) is 8.78 Å². The second kappa shape index (κ2) is 5.50. The van der Waals surface area contributed by atoms with Gasteiger partial charge in [0.15, 0.2) is 11.6 Å². The lowest BCUT2D eigenvalue weighted by Crippen LogP contribution is -2.04. The Morgan fingerprint density at radius 1 is 1.17 bits per heavy atom. The van der Waals surface area contributed by atoms with Crippen molar-refractivity contribution in [3.63, 3.8) is 0 Å². The fourth-order valence-corrected chi connectivity index (χ4v) is 2.12. The Morgan fingerprint density at radius 2 is 1.89 bits per heavy atom. The first-order valence-corrected chi connectivity index (χ1v) is 6.53. The van der Waals surface area contributed by atoms with Gasteiger partial charge >= 0.3 is 0 Å². The number of aliphatic hydroxyl groups is 1. The molecule has 2 aromatic rings. The van der Waals surface area contributed by atoms with Gasteiger partial charge in [-0.15, -0.1) is 0 Å². The fourth-order valence-electron chi connectivity index (χ4n) is 1.59. The number of benzene rings is 2. The molecule has 0 spiro atoms. The molecule has 1 nitrogen and oxygen atoms in total. The summed E-state index contributed by atoms with van der Waals surface area (Å²) in [5.41, 5.74) is 0.317. The van der Waals surface area contributed by atoms with Gasteiger partial charge in [0.05, 0.1) is 5.02 Å². The SMILES string of the molecule is OC(c1ccc(I)c(Cl)c1)c1cccc(F)c1F. The van der Waals surface area contributed by atoms with E-state index in [2.05, 4.69) is 0 Å². The lowest BCUT2D eigenvalue weighted by atomic mass is 10.0. The van der Waals surface area contributed by atoms with Crippen LogP contribution in [0.3, 0.4) is 0 Å². The molecule has 0 aliphatic heterocycles. The van der Waals surface area contributed by atoms with Crippen molar-refractivity contribution >= 4 is 34.2 Å². The number of rotatable bonds is 2. The minimum absolute atomic E-state index is 0.104. The number of aliphatic hydroxyl groups excluding tert-OH is 1. The molecule has 0 radical (unpaired) electrons. The van der Waals surface area contributed by atoms with Crippen LogP contribution >= 0.6 is 34.2 Å². The molecule has 0 saturated heterocycles. The van der Waals surface area contributed by atoms with Gasteiger partial charge in [-0.05, 0) is 46.4 Å². The molecule has 0 aliphatic carbocycles. The topological polar surface area (TPSA) is 20.2 Å². The molecule has 1 unspecified atom stereocenters. The summed E-state index contributed by atoms with van der Waals surface area (Å²) in [6.07, 6.45) is -1.24. The van der Waals surface area contributed by atoms with Crippen molar-refractivity contribution in [1.82, 2.24) is 0 Å². The Balaban J connectivity index is 2.44. The van der Waals surface area contributed by atoms with E-state index >= 15 is 0 Å². The Labute approximate surface area is 122 Å². The Hall–Kier alpha value is -0.720. The highest BCUT2D eigenvalue weighted by Gasteiger charge is 2.18. The highest BCUT2D eigenvalue weighted by molar-refractivity contribution is 14.1. The van der Waals surface area contributed by atoms with Gasteiger partial charge in [0.1, 0.15) is 6.10 Å². The Morgan fingerprint density at radius 3 is 2.56 bits per heavy atom. The van der Waals surface area contributed by atoms with Crippen LogP contribution in [-0.2, 0) is 0 Å². The first-order chi connectivity index (χ1) is 8.50. The fraction of sp³-hybridized carbons (Fsp3) is 0.0769. The van der Waals surface area contributed by atoms with Crippen LogP contribution in [0.4, 0.5) is 8.78 Å². The van der Waals surface area contributed by atoms with Gasteiger partial charge in [0, 0.05) is 9.13 Å². The van der Waals surface area contributed by atoms with Crippen molar-refractivity contribution in [2.75, 3.05) is 0 Å². The third-order valence-electron chi connectivity index (χ3n) is 2.54. The quantitative estimate of drug-likeness (QED) is 0.770. The van der Waals surface area contributed by atoms with E-state index in [4.69, 9.17) is 11.6 Å². The molecule has 1 atom stereocenters. The lowest BCUT2D eigenvalue weighted by Gasteiger charge is -2.13. The zero-order valence-electron chi connectivity index (χ0n) is 9.00. The van der Waals surface area contributed by atoms with Gasteiger partial charge < -0.3 is 5.11 Å². The van der Waals surface area contributed by atoms with E-state index in [-0.39, 0.29) is 5.56 Å². The third-order valence-corrected chi connectivity index (χ3v) is 4.11. The van der Waals surface area contributed by atoms with Crippen LogP contribution in [-0.4, -0.2) is 5.11 Å². The van der Waals surface area contributed by atoms with Crippen molar-refractivity contribution < 1.29 is 13.9 Å². The summed E-state index contributed by atoms with van der Waals surface area (Å²) < 4.78 is 27.5. The highest BCUT2D eigenvalue weighted by atomic mass is 127. The van der Waals surface area contributed by atoms with Crippen LogP contribution < -0.4 is 0 Å². The highest BCUT2D eigenvalue weighted by Crippen LogP contribution is 2.29. The molecule has 0 bridgehead atoms. The van der Waals surface area contributed by atoms with Crippen LogP contribution in [0.25, 0.3) is 0 Å². The van der Waals surface area contributed by atoms with Crippen molar-refractivity contribution in [1.29, 1.82) is 0 Å². The van der Waals surface area contributed by atoms with E-state index < -0.39 is 17.7 Å². The molecule has 1 N–H and O–H groups in total. The molecule has 2 aromatic carbocycles. The summed E-state index contributed by atoms with van der Waals surface area (Å²) in [6, 6.07) is 8.58. The molecule has 2 rings (SSSR count). The maximum atomic E-state index is 13.5. The van der Waals surface area contributed by atoms with E-state index in [1.165, 1.54) is 12.1 Å². The predicted octanol–water partition coefficient (Wildman–Crippen LogP) is 4.30. The molecule has 0 saturated carbocycles. The molecule has 94 valence electrons. The van der Waals surface area contributed by atoms with E-state index in [1.54, 1.807) is 18.2 Å². The van der Waals surface area contributed by atoms with E-state index in [1.807, 2.05) is 22.6 Å². The summed E-state index contributed by atoms with van der Waals surface area (Å²) in [5.74, 6) is -2.03. The van der Waals surface area contributed by atoms with Gasteiger partial charge in [-0.1, -0.05) is 29.8 Å². The van der Waals surface area contributed by atoms with Gasteiger partial charge in [0.25, 0.3) is 0 Å². The second-order valence-electron chi connectivity index (χ2n) is 3.72. The summed E-state index contributed by atoms with van der Waals surface area (Å²) in [7, 11) is 0. The molecule has 18 heavy (non-hydrogen) atoms. The van der Waals surface area contributed by atoms with Crippen molar-refractivity contribution in [3.05, 3.63) is 67.8 Å². The molecule has 0 aliphatic rings. The number of halogens is 4. The summed E-state index contributed by atoms with van der Waals surface area (Å²) in [6.45, 7) is 0. The summed E-state index contributed by atoms with van der Waals surface area (Å²) >= 11 is 7.97. The van der Waals surface area contributed by atoms with Crippen LogP contribution in [0.2, 0.25) is 5.02 Å². The van der Waals surface area contributed by atoms with Crippen LogP contribution in [0.5, 0.6) is 0 Å². The van der Waals surface area contributed by atoms with E-state index in [0.29, 0.717) is 10.6 Å². The molecular weight excluding hydrogens is 372 g/mol. The zero-order chi connectivity index (χ0) is 13.3. The zero-order valence-corrected chi connectivity index (χ0v) is 11.9. The molecule has 5 heteroatoms. The molecular formula is C13H8ClF2IO. The van der Waals surface area contributed by atoms with E-state index in [9.17, 15) is 13.9 Å². The maximum Gasteiger partial charge on any atom is 0.164 e. The monoisotopic (exact) mass is 380 g/mol. The average Bonchev–Trinajstić information content (AvgIpc) is 2.35. The van der Waals surface area contributed by atoms with E-state index in [0.717, 1.165) is 9.64 Å². The van der Waals surface area contributed by atoms with Crippen molar-refractivity contribution in [3.8, 4) is 0 Å². The first-order valence-electron chi connectivity index (χ1n) is 5.07. The minimum atomic E-state index is -1.24. The van der Waals surface area contributed by atoms with Crippen LogP contribution in [0, 0.1) is 15.2 Å². The lowest BCUT2D eigenvalue weighted by molar-refractivity contribution is 0.213. The third kappa shape index (κ3) is 2.65. The number of hydrogen-bond donors (Lipinski definition) is 1. The summed E-state index contributed by atoms with van der Waals surface area (Å²) in [5, 5.41) is 10.5. The van der Waals surface area contributed by atoms with Gasteiger partial charge in [-0.3, -0.25) is 0 Å². The van der Waals surface area contributed by atoms with Crippen molar-refractivity contribution in [2.24, 2.45) is 0 Å². The standard InChI is InChI=1S/C13H8ClF2IO/c14-9-6-7(4-5-11(9)17)13(18)8-2-1-3-10(15)12(8)16/h1-6,13,18H. The van der Waals surface area contributed by atoms with Crippen LogP contribution in [0.1, 0.15) is 17.2 Å². The average molecular weight is 381 g/mol. The Kier molecular flexibility index (Phi) is 4.19.